The van der Waals surface area contributed by atoms with Crippen LogP contribution in [0.15, 0.2) is 30.3 Å². The molecule has 102 valence electrons. The molecule has 2 rings (SSSR count). The number of nitrogens with one attached hydrogen (secondary N) is 1. The molecule has 0 saturated heterocycles. The molecule has 0 aliphatic carbocycles. The fourth-order valence-corrected chi connectivity index (χ4v) is 3.36. The molecule has 1 N–H and O–H groups in total. The number of methoxy groups -OCH3 is 1. The van der Waals surface area contributed by atoms with Gasteiger partial charge in [0.15, 0.2) is 0 Å². The second-order valence-electron chi connectivity index (χ2n) is 4.37. The highest BCUT2D eigenvalue weighted by atomic mass is 35.5. The summed E-state index contributed by atoms with van der Waals surface area (Å²) >= 11 is 7.82. The highest BCUT2D eigenvalue weighted by Gasteiger charge is 2.17. The summed E-state index contributed by atoms with van der Waals surface area (Å²) in [5.41, 5.74) is 2.33. The molecule has 0 spiro atoms. The number of thiophene rings is 1. The molecule has 1 atom stereocenters. The van der Waals surface area contributed by atoms with Crippen molar-refractivity contribution in [2.75, 3.05) is 13.7 Å². The van der Waals surface area contributed by atoms with Gasteiger partial charge in [0.25, 0.3) is 0 Å². The zero-order valence-corrected chi connectivity index (χ0v) is 12.9. The fourth-order valence-electron chi connectivity index (χ4n) is 2.03. The SMILES string of the molecule is CCNC(c1cccc(OC)c1)c1cc(C)c(Cl)s1. The van der Waals surface area contributed by atoms with Crippen LogP contribution in [0.25, 0.3) is 0 Å². The van der Waals surface area contributed by atoms with E-state index in [1.165, 1.54) is 10.4 Å². The predicted octanol–water partition coefficient (Wildman–Crippen LogP) is 4.42. The molecule has 1 heterocycles. The molecule has 2 nitrogen and oxygen atoms in total. The van der Waals surface area contributed by atoms with Crippen molar-refractivity contribution in [3.63, 3.8) is 0 Å². The number of rotatable bonds is 5. The summed E-state index contributed by atoms with van der Waals surface area (Å²) in [5, 5.41) is 3.50. The van der Waals surface area contributed by atoms with Crippen LogP contribution in [0, 0.1) is 6.92 Å². The minimum atomic E-state index is 0.163. The molecule has 1 aromatic heterocycles. The van der Waals surface area contributed by atoms with Gasteiger partial charge in [0.2, 0.25) is 0 Å². The number of halogens is 1. The third-order valence-corrected chi connectivity index (χ3v) is 4.62. The average molecular weight is 296 g/mol. The molecule has 0 amide bonds. The first-order chi connectivity index (χ1) is 9.15. The van der Waals surface area contributed by atoms with Crippen molar-refractivity contribution < 1.29 is 4.74 Å². The van der Waals surface area contributed by atoms with E-state index in [0.29, 0.717) is 0 Å². The highest BCUT2D eigenvalue weighted by molar-refractivity contribution is 7.16. The average Bonchev–Trinajstić information content (AvgIpc) is 2.75. The third-order valence-electron chi connectivity index (χ3n) is 3.00. The van der Waals surface area contributed by atoms with Crippen molar-refractivity contribution in [2.24, 2.45) is 0 Å². The van der Waals surface area contributed by atoms with Crippen LogP contribution in [0.4, 0.5) is 0 Å². The number of hydrogen-bond donors (Lipinski definition) is 1. The predicted molar refractivity (Wildman–Crippen MR) is 82.6 cm³/mol. The van der Waals surface area contributed by atoms with Crippen LogP contribution < -0.4 is 10.1 Å². The topological polar surface area (TPSA) is 21.3 Å². The monoisotopic (exact) mass is 295 g/mol. The molecule has 0 aliphatic heterocycles. The van der Waals surface area contributed by atoms with Gasteiger partial charge >= 0.3 is 0 Å². The molecule has 2 aromatic rings. The van der Waals surface area contributed by atoms with Gasteiger partial charge in [-0.05, 0) is 42.8 Å². The molecular formula is C15H18ClNOS. The standard InChI is InChI=1S/C15H18ClNOS/c1-4-17-14(13-8-10(2)15(16)19-13)11-6-5-7-12(9-11)18-3/h5-9,14,17H,4H2,1-3H3. The van der Waals surface area contributed by atoms with E-state index in [-0.39, 0.29) is 6.04 Å². The van der Waals surface area contributed by atoms with E-state index in [4.69, 9.17) is 16.3 Å². The summed E-state index contributed by atoms with van der Waals surface area (Å²) in [4.78, 5) is 1.23. The van der Waals surface area contributed by atoms with Gasteiger partial charge in [-0.1, -0.05) is 30.7 Å². The van der Waals surface area contributed by atoms with Crippen LogP contribution in [0.5, 0.6) is 5.75 Å². The number of hydrogen-bond acceptors (Lipinski definition) is 3. The highest BCUT2D eigenvalue weighted by Crippen LogP contribution is 2.34. The van der Waals surface area contributed by atoms with Crippen molar-refractivity contribution in [2.45, 2.75) is 19.9 Å². The van der Waals surface area contributed by atoms with E-state index in [2.05, 4.69) is 30.4 Å². The maximum absolute atomic E-state index is 6.19. The Morgan fingerprint density at radius 3 is 2.74 bits per heavy atom. The normalized spacial score (nSPS) is 12.4. The van der Waals surface area contributed by atoms with E-state index in [1.54, 1.807) is 18.4 Å². The first kappa shape index (κ1) is 14.4. The van der Waals surface area contributed by atoms with Gasteiger partial charge in [-0.2, -0.15) is 0 Å². The minimum absolute atomic E-state index is 0.163. The molecule has 1 unspecified atom stereocenters. The van der Waals surface area contributed by atoms with Crippen LogP contribution in [-0.2, 0) is 0 Å². The Balaban J connectivity index is 2.38. The molecular weight excluding hydrogens is 278 g/mol. The Morgan fingerprint density at radius 2 is 2.16 bits per heavy atom. The van der Waals surface area contributed by atoms with Gasteiger partial charge in [0.05, 0.1) is 17.5 Å². The van der Waals surface area contributed by atoms with Crippen LogP contribution in [0.2, 0.25) is 4.34 Å². The van der Waals surface area contributed by atoms with Gasteiger partial charge < -0.3 is 10.1 Å². The van der Waals surface area contributed by atoms with E-state index in [0.717, 1.165) is 22.2 Å². The molecule has 0 radical (unpaired) electrons. The van der Waals surface area contributed by atoms with Crippen molar-refractivity contribution in [3.8, 4) is 5.75 Å². The van der Waals surface area contributed by atoms with Crippen LogP contribution in [-0.4, -0.2) is 13.7 Å². The first-order valence-corrected chi connectivity index (χ1v) is 7.48. The van der Waals surface area contributed by atoms with E-state index in [9.17, 15) is 0 Å². The maximum atomic E-state index is 6.19. The second-order valence-corrected chi connectivity index (χ2v) is 6.06. The first-order valence-electron chi connectivity index (χ1n) is 6.29. The van der Waals surface area contributed by atoms with Crippen LogP contribution in [0.3, 0.4) is 0 Å². The summed E-state index contributed by atoms with van der Waals surface area (Å²) in [6.07, 6.45) is 0. The van der Waals surface area contributed by atoms with Gasteiger partial charge in [0.1, 0.15) is 5.75 Å². The molecule has 4 heteroatoms. The lowest BCUT2D eigenvalue weighted by Crippen LogP contribution is -2.21. The van der Waals surface area contributed by atoms with Crippen molar-refractivity contribution in [3.05, 3.63) is 50.7 Å². The molecule has 0 fully saturated rings. The van der Waals surface area contributed by atoms with Crippen LogP contribution in [0.1, 0.15) is 29.0 Å². The summed E-state index contributed by atoms with van der Waals surface area (Å²) in [6, 6.07) is 10.5. The van der Waals surface area contributed by atoms with Gasteiger partial charge in [-0.25, -0.2) is 0 Å². The summed E-state index contributed by atoms with van der Waals surface area (Å²) in [6.45, 7) is 5.04. The van der Waals surface area contributed by atoms with Crippen LogP contribution >= 0.6 is 22.9 Å². The van der Waals surface area contributed by atoms with Crippen molar-refractivity contribution >= 4 is 22.9 Å². The largest absolute Gasteiger partial charge is 0.497 e. The summed E-state index contributed by atoms with van der Waals surface area (Å²) in [5.74, 6) is 0.875. The lowest BCUT2D eigenvalue weighted by molar-refractivity contribution is 0.413. The molecule has 1 aromatic carbocycles. The van der Waals surface area contributed by atoms with Crippen molar-refractivity contribution in [1.29, 1.82) is 0 Å². The second kappa shape index (κ2) is 6.42. The third kappa shape index (κ3) is 3.30. The lowest BCUT2D eigenvalue weighted by Gasteiger charge is -2.17. The summed E-state index contributed by atoms with van der Waals surface area (Å²) < 4.78 is 6.16. The molecule has 0 saturated carbocycles. The Labute approximate surface area is 123 Å². The lowest BCUT2D eigenvalue weighted by atomic mass is 10.0. The Bertz CT molecular complexity index is 533. The Hall–Kier alpha value is -1.03. The molecule has 0 bridgehead atoms. The Kier molecular flexibility index (Phi) is 4.86. The quantitative estimate of drug-likeness (QED) is 0.882. The molecule has 0 aliphatic rings. The Morgan fingerprint density at radius 1 is 1.37 bits per heavy atom. The maximum Gasteiger partial charge on any atom is 0.119 e. The smallest absolute Gasteiger partial charge is 0.119 e. The van der Waals surface area contributed by atoms with E-state index in [1.807, 2.05) is 19.1 Å². The zero-order chi connectivity index (χ0) is 13.8. The van der Waals surface area contributed by atoms with Gasteiger partial charge in [-0.15, -0.1) is 11.3 Å². The van der Waals surface area contributed by atoms with E-state index >= 15 is 0 Å². The molecule has 19 heavy (non-hydrogen) atoms. The van der Waals surface area contributed by atoms with Gasteiger partial charge in [0, 0.05) is 4.88 Å². The van der Waals surface area contributed by atoms with Crippen molar-refractivity contribution in [1.82, 2.24) is 5.32 Å². The van der Waals surface area contributed by atoms with Gasteiger partial charge in [-0.3, -0.25) is 0 Å². The zero-order valence-electron chi connectivity index (χ0n) is 11.4. The number of ether oxygens (including phenoxy) is 1. The minimum Gasteiger partial charge on any atom is -0.497 e. The number of benzene rings is 1. The van der Waals surface area contributed by atoms with E-state index < -0.39 is 0 Å². The fraction of sp³-hybridized carbons (Fsp3) is 0.333. The summed E-state index contributed by atoms with van der Waals surface area (Å²) in [7, 11) is 1.69. The number of aryl methyl sites for hydroxylation is 1.